The summed E-state index contributed by atoms with van der Waals surface area (Å²) in [5.41, 5.74) is 0. The average molecular weight is 246 g/mol. The number of rotatable bonds is 3. The molecular weight excluding hydrogens is 236 g/mol. The zero-order valence-corrected chi connectivity index (χ0v) is 9.16. The number of cyclic esters (lactones) is 2. The van der Waals surface area contributed by atoms with Crippen molar-refractivity contribution in [1.29, 1.82) is 0 Å². The largest absolute Gasteiger partial charge is 0.508 e. The van der Waals surface area contributed by atoms with Gasteiger partial charge in [-0.1, -0.05) is 11.8 Å². The molecule has 0 N–H and O–H groups in total. The summed E-state index contributed by atoms with van der Waals surface area (Å²) in [4.78, 5) is 33.0. The molecule has 2 unspecified atom stereocenters. The Bertz CT molecular complexity index is 328. The van der Waals surface area contributed by atoms with Gasteiger partial charge in [0.05, 0.1) is 5.92 Å². The van der Waals surface area contributed by atoms with Gasteiger partial charge in [0, 0.05) is 12.2 Å². The maximum atomic E-state index is 11.5. The molecule has 88 valence electrons. The van der Waals surface area contributed by atoms with Crippen molar-refractivity contribution in [1.82, 2.24) is 0 Å². The lowest BCUT2D eigenvalue weighted by Crippen LogP contribution is -2.25. The van der Waals surface area contributed by atoms with Crippen LogP contribution in [0.3, 0.4) is 0 Å². The van der Waals surface area contributed by atoms with E-state index in [1.807, 2.05) is 0 Å². The molecule has 16 heavy (non-hydrogen) atoms. The summed E-state index contributed by atoms with van der Waals surface area (Å²) in [6.07, 6.45) is -1.04. The molecule has 0 aromatic rings. The van der Waals surface area contributed by atoms with Crippen molar-refractivity contribution in [3.05, 3.63) is 0 Å². The van der Waals surface area contributed by atoms with Crippen LogP contribution < -0.4 is 0 Å². The number of hydrogen-bond acceptors (Lipinski definition) is 7. The van der Waals surface area contributed by atoms with E-state index < -0.39 is 18.2 Å². The molecule has 2 aliphatic heterocycles. The van der Waals surface area contributed by atoms with E-state index in [4.69, 9.17) is 4.74 Å². The normalized spacial score (nSPS) is 28.8. The first-order valence-corrected chi connectivity index (χ1v) is 5.79. The molecule has 2 rings (SSSR count). The topological polar surface area (TPSA) is 78.9 Å². The third-order valence-electron chi connectivity index (χ3n) is 2.25. The van der Waals surface area contributed by atoms with E-state index in [0.717, 1.165) is 11.8 Å². The molecule has 2 atom stereocenters. The van der Waals surface area contributed by atoms with Gasteiger partial charge in [0.1, 0.15) is 13.2 Å². The van der Waals surface area contributed by atoms with Gasteiger partial charge in [-0.2, -0.15) is 0 Å². The first-order valence-electron chi connectivity index (χ1n) is 4.81. The fraction of sp³-hybridized carbons (Fsp3) is 0.667. The number of ether oxygens (including phenoxy) is 3. The van der Waals surface area contributed by atoms with Crippen LogP contribution in [0.1, 0.15) is 6.42 Å². The second-order valence-electron chi connectivity index (χ2n) is 3.51. The fourth-order valence-electron chi connectivity index (χ4n) is 1.40. The Balaban J connectivity index is 1.71. The van der Waals surface area contributed by atoms with Gasteiger partial charge in [0.15, 0.2) is 11.2 Å². The molecule has 2 aliphatic rings. The summed E-state index contributed by atoms with van der Waals surface area (Å²) < 4.78 is 14.2. The van der Waals surface area contributed by atoms with Gasteiger partial charge in [-0.25, -0.2) is 4.79 Å². The minimum Gasteiger partial charge on any atom is -0.461 e. The number of thioether (sulfide) groups is 1. The fourth-order valence-corrected chi connectivity index (χ4v) is 2.36. The lowest BCUT2D eigenvalue weighted by atomic mass is 10.1. The van der Waals surface area contributed by atoms with Crippen LogP contribution in [-0.2, 0) is 23.8 Å². The highest BCUT2D eigenvalue weighted by atomic mass is 32.2. The molecule has 2 heterocycles. The third-order valence-corrected chi connectivity index (χ3v) is 3.31. The highest BCUT2D eigenvalue weighted by Gasteiger charge is 2.32. The van der Waals surface area contributed by atoms with Crippen molar-refractivity contribution in [3.8, 4) is 0 Å². The number of esters is 1. The number of carbonyl (C=O) groups is 3. The molecule has 0 aromatic carbocycles. The predicted molar refractivity (Wildman–Crippen MR) is 52.8 cm³/mol. The molecule has 6 nitrogen and oxygen atoms in total. The van der Waals surface area contributed by atoms with Gasteiger partial charge in [0.25, 0.3) is 0 Å². The third kappa shape index (κ3) is 2.66. The van der Waals surface area contributed by atoms with E-state index in [1.54, 1.807) is 0 Å². The molecule has 0 radical (unpaired) electrons. The summed E-state index contributed by atoms with van der Waals surface area (Å²) in [5.74, 6) is -0.310. The van der Waals surface area contributed by atoms with Crippen molar-refractivity contribution >= 4 is 29.0 Å². The van der Waals surface area contributed by atoms with Crippen LogP contribution in [0.15, 0.2) is 0 Å². The van der Waals surface area contributed by atoms with Crippen LogP contribution in [0.2, 0.25) is 0 Å². The molecule has 0 aromatic heterocycles. The second-order valence-corrected chi connectivity index (χ2v) is 4.59. The zero-order valence-electron chi connectivity index (χ0n) is 8.34. The molecule has 2 fully saturated rings. The van der Waals surface area contributed by atoms with Crippen LogP contribution in [0.5, 0.6) is 0 Å². The van der Waals surface area contributed by atoms with Gasteiger partial charge in [-0.3, -0.25) is 9.59 Å². The Hall–Kier alpha value is -1.24. The summed E-state index contributed by atoms with van der Waals surface area (Å²) in [5, 5.41) is 0.0116. The van der Waals surface area contributed by atoms with Gasteiger partial charge < -0.3 is 14.2 Å². The monoisotopic (exact) mass is 246 g/mol. The van der Waals surface area contributed by atoms with Crippen LogP contribution in [0.4, 0.5) is 4.79 Å². The molecule has 0 spiro atoms. The Labute approximate surface area is 95.6 Å². The first kappa shape index (κ1) is 11.3. The van der Waals surface area contributed by atoms with Crippen LogP contribution in [0, 0.1) is 5.92 Å². The Morgan fingerprint density at radius 2 is 2.31 bits per heavy atom. The Morgan fingerprint density at radius 3 is 2.88 bits per heavy atom. The first-order chi connectivity index (χ1) is 7.65. The molecule has 0 amide bonds. The maximum Gasteiger partial charge on any atom is 0.508 e. The SMILES string of the molecule is O=C1OCC(COC(=O)C2CSC(=O)C2)O1. The summed E-state index contributed by atoms with van der Waals surface area (Å²) in [6.45, 7) is 0.0877. The van der Waals surface area contributed by atoms with E-state index in [0.29, 0.717) is 5.75 Å². The second kappa shape index (κ2) is 4.73. The van der Waals surface area contributed by atoms with Crippen LogP contribution >= 0.6 is 11.8 Å². The molecular formula is C9H10O6S. The quantitative estimate of drug-likeness (QED) is 0.664. The van der Waals surface area contributed by atoms with Crippen molar-refractivity contribution in [2.75, 3.05) is 19.0 Å². The lowest BCUT2D eigenvalue weighted by Gasteiger charge is -2.10. The average Bonchev–Trinajstić information content (AvgIpc) is 2.84. The van der Waals surface area contributed by atoms with E-state index in [2.05, 4.69) is 9.47 Å². The highest BCUT2D eigenvalue weighted by molar-refractivity contribution is 8.14. The summed E-state index contributed by atoms with van der Waals surface area (Å²) in [7, 11) is 0. The smallest absolute Gasteiger partial charge is 0.461 e. The molecule has 0 bridgehead atoms. The maximum absolute atomic E-state index is 11.5. The Morgan fingerprint density at radius 1 is 1.50 bits per heavy atom. The zero-order chi connectivity index (χ0) is 11.5. The summed E-state index contributed by atoms with van der Waals surface area (Å²) >= 11 is 1.14. The van der Waals surface area contributed by atoms with Crippen molar-refractivity contribution in [2.45, 2.75) is 12.5 Å². The van der Waals surface area contributed by atoms with Crippen molar-refractivity contribution in [2.24, 2.45) is 5.92 Å². The summed E-state index contributed by atoms with van der Waals surface area (Å²) in [6, 6.07) is 0. The van der Waals surface area contributed by atoms with Gasteiger partial charge in [-0.15, -0.1) is 0 Å². The van der Waals surface area contributed by atoms with E-state index >= 15 is 0 Å². The molecule has 0 aliphatic carbocycles. The predicted octanol–water partition coefficient (Wildman–Crippen LogP) is 0.345. The lowest BCUT2D eigenvalue weighted by molar-refractivity contribution is -0.150. The van der Waals surface area contributed by atoms with Gasteiger partial charge in [-0.05, 0) is 0 Å². The van der Waals surface area contributed by atoms with E-state index in [1.165, 1.54) is 0 Å². The highest BCUT2D eigenvalue weighted by Crippen LogP contribution is 2.26. The van der Waals surface area contributed by atoms with Gasteiger partial charge in [0.2, 0.25) is 0 Å². The molecule has 0 saturated carbocycles. The van der Waals surface area contributed by atoms with Crippen molar-refractivity contribution in [3.63, 3.8) is 0 Å². The minimum atomic E-state index is -0.743. The Kier molecular flexibility index (Phi) is 3.33. The number of hydrogen-bond donors (Lipinski definition) is 0. The van der Waals surface area contributed by atoms with Crippen molar-refractivity contribution < 1.29 is 28.6 Å². The van der Waals surface area contributed by atoms with Crippen LogP contribution in [-0.4, -0.2) is 42.3 Å². The number of carbonyl (C=O) groups excluding carboxylic acids is 3. The van der Waals surface area contributed by atoms with Gasteiger partial charge >= 0.3 is 12.1 Å². The standard InChI is InChI=1S/C9H10O6S/c10-7-1-5(4-16-7)8(11)13-2-6-3-14-9(12)15-6/h5-6H,1-4H2. The van der Waals surface area contributed by atoms with Crippen LogP contribution in [0.25, 0.3) is 0 Å². The molecule has 7 heteroatoms. The van der Waals surface area contributed by atoms with E-state index in [-0.39, 0.29) is 30.7 Å². The molecule has 2 saturated heterocycles. The minimum absolute atomic E-state index is 0.0116. The van der Waals surface area contributed by atoms with E-state index in [9.17, 15) is 14.4 Å².